The molecule has 0 aliphatic heterocycles. The van der Waals surface area contributed by atoms with Crippen molar-refractivity contribution >= 4 is 63.4 Å². The second-order valence-corrected chi connectivity index (χ2v) is 11.5. The summed E-state index contributed by atoms with van der Waals surface area (Å²) >= 11 is 9.98. The van der Waals surface area contributed by atoms with Crippen LogP contribution >= 0.6 is 46.5 Å². The van der Waals surface area contributed by atoms with Crippen LogP contribution in [0.15, 0.2) is 45.9 Å². The van der Waals surface area contributed by atoms with E-state index >= 15 is 0 Å². The average molecular weight is 624 g/mol. The fourth-order valence-electron chi connectivity index (χ4n) is 3.41. The van der Waals surface area contributed by atoms with Gasteiger partial charge in [-0.05, 0) is 30.0 Å². The molecule has 0 fully saturated rings. The minimum absolute atomic E-state index is 0.0164. The fraction of sp³-hybridized carbons (Fsp3) is 0.250. The quantitative estimate of drug-likeness (QED) is 0.169. The number of carbonyl (C=O) groups is 2. The number of thioether (sulfide) groups is 2. The van der Waals surface area contributed by atoms with E-state index in [0.29, 0.717) is 33.3 Å². The highest BCUT2D eigenvalue weighted by molar-refractivity contribution is 8.01. The first kappa shape index (κ1) is 29.6. The minimum Gasteiger partial charge on any atom is -0.497 e. The Kier molecular flexibility index (Phi) is 10.2. The van der Waals surface area contributed by atoms with Crippen LogP contribution in [0, 0.1) is 5.82 Å². The molecule has 0 atom stereocenters. The van der Waals surface area contributed by atoms with Gasteiger partial charge in [0, 0.05) is 6.07 Å². The predicted octanol–water partition coefficient (Wildman–Crippen LogP) is 4.70. The Morgan fingerprint density at radius 1 is 1.10 bits per heavy atom. The Balaban J connectivity index is 1.58. The molecule has 2 heterocycles. The number of anilines is 1. The van der Waals surface area contributed by atoms with Gasteiger partial charge in [0.05, 0.1) is 42.8 Å². The highest BCUT2D eigenvalue weighted by atomic mass is 35.5. The summed E-state index contributed by atoms with van der Waals surface area (Å²) in [7, 11) is 3.03. The Morgan fingerprint density at radius 2 is 1.93 bits per heavy atom. The SMILES string of the molecule is CCSc1nnc(NC(=O)CSc2nnc(CNC(=O)c3c(F)cccc3Cl)n2-c2cc(OC)ccc2OC)s1. The van der Waals surface area contributed by atoms with E-state index in [9.17, 15) is 14.0 Å². The lowest BCUT2D eigenvalue weighted by Gasteiger charge is -2.15. The maximum absolute atomic E-state index is 14.3. The lowest BCUT2D eigenvalue weighted by molar-refractivity contribution is -0.113. The Bertz CT molecular complexity index is 1500. The molecule has 11 nitrogen and oxygen atoms in total. The van der Waals surface area contributed by atoms with Crippen LogP contribution in [0.3, 0.4) is 0 Å². The molecule has 2 aromatic carbocycles. The monoisotopic (exact) mass is 623 g/mol. The zero-order valence-corrected chi connectivity index (χ0v) is 24.6. The first-order chi connectivity index (χ1) is 19.3. The number of amides is 2. The molecule has 0 spiro atoms. The molecule has 0 unspecified atom stereocenters. The van der Waals surface area contributed by atoms with Crippen molar-refractivity contribution in [1.29, 1.82) is 0 Å². The Hall–Kier alpha value is -3.40. The van der Waals surface area contributed by atoms with Gasteiger partial charge in [-0.25, -0.2) is 4.39 Å². The minimum atomic E-state index is -0.751. The summed E-state index contributed by atoms with van der Waals surface area (Å²) in [4.78, 5) is 25.4. The average Bonchev–Trinajstić information content (AvgIpc) is 3.56. The highest BCUT2D eigenvalue weighted by Crippen LogP contribution is 2.32. The van der Waals surface area contributed by atoms with E-state index in [4.69, 9.17) is 21.1 Å². The number of nitrogens with one attached hydrogen (secondary N) is 2. The molecule has 0 saturated heterocycles. The van der Waals surface area contributed by atoms with Crippen LogP contribution in [0.5, 0.6) is 11.5 Å². The number of rotatable bonds is 12. The molecular formula is C24H23ClFN7O4S3. The first-order valence-corrected chi connectivity index (χ1v) is 14.8. The Morgan fingerprint density at radius 3 is 2.65 bits per heavy atom. The number of benzene rings is 2. The van der Waals surface area contributed by atoms with Crippen LogP contribution in [0.1, 0.15) is 23.1 Å². The van der Waals surface area contributed by atoms with Crippen molar-refractivity contribution in [3.05, 3.63) is 58.6 Å². The topological polar surface area (TPSA) is 133 Å². The van der Waals surface area contributed by atoms with Crippen molar-refractivity contribution in [2.45, 2.75) is 23.0 Å². The molecule has 0 aliphatic rings. The number of carbonyl (C=O) groups excluding carboxylic acids is 2. The van der Waals surface area contributed by atoms with Crippen molar-refractivity contribution in [2.75, 3.05) is 31.0 Å². The molecule has 4 aromatic rings. The second-order valence-electron chi connectivity index (χ2n) is 7.69. The number of nitrogens with zero attached hydrogens (tertiary/aromatic N) is 5. The third-order valence-corrected chi connectivity index (χ3v) is 8.28. The van der Waals surface area contributed by atoms with E-state index in [-0.39, 0.29) is 28.8 Å². The fourth-order valence-corrected chi connectivity index (χ4v) is 6.09. The molecule has 0 aliphatic carbocycles. The summed E-state index contributed by atoms with van der Waals surface area (Å²) in [5, 5.41) is 22.6. The van der Waals surface area contributed by atoms with E-state index in [1.54, 1.807) is 22.8 Å². The van der Waals surface area contributed by atoms with Crippen molar-refractivity contribution in [1.82, 2.24) is 30.3 Å². The number of halogens is 2. The van der Waals surface area contributed by atoms with E-state index in [1.165, 1.54) is 49.5 Å². The van der Waals surface area contributed by atoms with Gasteiger partial charge < -0.3 is 14.8 Å². The lowest BCUT2D eigenvalue weighted by Crippen LogP contribution is -2.26. The number of hydrogen-bond donors (Lipinski definition) is 2. The second kappa shape index (κ2) is 13.8. The molecule has 0 bridgehead atoms. The van der Waals surface area contributed by atoms with Crippen LogP contribution in [0.2, 0.25) is 5.02 Å². The van der Waals surface area contributed by atoms with Crippen LogP contribution in [-0.4, -0.2) is 62.5 Å². The van der Waals surface area contributed by atoms with Gasteiger partial charge in [0.15, 0.2) is 15.3 Å². The van der Waals surface area contributed by atoms with Gasteiger partial charge in [0.1, 0.15) is 17.3 Å². The predicted molar refractivity (Wildman–Crippen MR) is 153 cm³/mol. The maximum Gasteiger partial charge on any atom is 0.256 e. The zero-order valence-electron chi connectivity index (χ0n) is 21.4. The first-order valence-electron chi connectivity index (χ1n) is 11.6. The summed E-state index contributed by atoms with van der Waals surface area (Å²) in [6.45, 7) is 1.87. The molecule has 2 N–H and O–H groups in total. The summed E-state index contributed by atoms with van der Waals surface area (Å²) < 4.78 is 27.6. The molecule has 16 heteroatoms. The van der Waals surface area contributed by atoms with Gasteiger partial charge in [-0.1, -0.05) is 59.5 Å². The van der Waals surface area contributed by atoms with Gasteiger partial charge in [-0.15, -0.1) is 20.4 Å². The van der Waals surface area contributed by atoms with Gasteiger partial charge in [-0.3, -0.25) is 19.5 Å². The largest absolute Gasteiger partial charge is 0.497 e. The van der Waals surface area contributed by atoms with Gasteiger partial charge in [0.25, 0.3) is 5.91 Å². The molecule has 210 valence electrons. The van der Waals surface area contributed by atoms with Crippen LogP contribution in [0.4, 0.5) is 9.52 Å². The summed E-state index contributed by atoms with van der Waals surface area (Å²) in [5.74, 6) is 0.330. The Labute approximate surface area is 246 Å². The number of methoxy groups -OCH3 is 2. The van der Waals surface area contributed by atoms with E-state index in [1.807, 2.05) is 6.92 Å². The molecule has 0 radical (unpaired) electrons. The van der Waals surface area contributed by atoms with Gasteiger partial charge in [-0.2, -0.15) is 0 Å². The summed E-state index contributed by atoms with van der Waals surface area (Å²) in [6, 6.07) is 9.12. The van der Waals surface area contributed by atoms with E-state index in [2.05, 4.69) is 31.0 Å². The third-order valence-electron chi connectivity index (χ3n) is 5.18. The number of ether oxygens (including phenoxy) is 2. The van der Waals surface area contributed by atoms with E-state index in [0.717, 1.165) is 27.9 Å². The zero-order chi connectivity index (χ0) is 28.6. The number of aromatic nitrogens is 5. The molecule has 2 amide bonds. The van der Waals surface area contributed by atoms with Gasteiger partial charge in [0.2, 0.25) is 11.0 Å². The molecule has 2 aromatic heterocycles. The smallest absolute Gasteiger partial charge is 0.256 e. The van der Waals surface area contributed by atoms with E-state index < -0.39 is 11.7 Å². The standard InChI is InChI=1S/C24H23ClFN7O4S3/c1-4-38-24-32-30-22(40-24)28-19(34)12-39-23-31-29-18(11-27-21(35)20-14(25)6-5-7-15(20)26)33(23)16-10-13(36-2)8-9-17(16)37-3/h5-10H,4,11-12H2,1-3H3,(H,27,35)(H,28,30,34). The molecule has 40 heavy (non-hydrogen) atoms. The van der Waals surface area contributed by atoms with Crippen LogP contribution in [0.25, 0.3) is 5.69 Å². The number of hydrogen-bond acceptors (Lipinski definition) is 11. The highest BCUT2D eigenvalue weighted by Gasteiger charge is 2.22. The molecular weight excluding hydrogens is 601 g/mol. The molecule has 0 saturated carbocycles. The van der Waals surface area contributed by atoms with Crippen molar-refractivity contribution < 1.29 is 23.5 Å². The van der Waals surface area contributed by atoms with Crippen molar-refractivity contribution in [3.63, 3.8) is 0 Å². The molecule has 4 rings (SSSR count). The maximum atomic E-state index is 14.3. The lowest BCUT2D eigenvalue weighted by atomic mass is 10.2. The van der Waals surface area contributed by atoms with Crippen LogP contribution < -0.4 is 20.1 Å². The van der Waals surface area contributed by atoms with Crippen LogP contribution in [-0.2, 0) is 11.3 Å². The van der Waals surface area contributed by atoms with Crippen molar-refractivity contribution in [2.24, 2.45) is 0 Å². The summed E-state index contributed by atoms with van der Waals surface area (Å²) in [6.07, 6.45) is 0. The summed E-state index contributed by atoms with van der Waals surface area (Å²) in [5.41, 5.74) is 0.228. The van der Waals surface area contributed by atoms with Gasteiger partial charge >= 0.3 is 0 Å². The van der Waals surface area contributed by atoms with Crippen molar-refractivity contribution in [3.8, 4) is 17.2 Å². The normalized spacial score (nSPS) is 10.8. The third kappa shape index (κ3) is 7.02.